The van der Waals surface area contributed by atoms with E-state index >= 15 is 0 Å². The van der Waals surface area contributed by atoms with Crippen LogP contribution in [0.25, 0.3) is 0 Å². The van der Waals surface area contributed by atoms with Crippen LogP contribution in [0.1, 0.15) is 21.5 Å². The first-order valence-electron chi connectivity index (χ1n) is 8.62. The molecule has 0 aromatic heterocycles. The van der Waals surface area contributed by atoms with Gasteiger partial charge >= 0.3 is 0 Å². The molecule has 3 rings (SSSR count). The number of carbonyl (C=O) groups excluding carboxylic acids is 1. The summed E-state index contributed by atoms with van der Waals surface area (Å²) in [4.78, 5) is 12.7. The number of sulfonamides is 1. The predicted octanol–water partition coefficient (Wildman–Crippen LogP) is 5.77. The van der Waals surface area contributed by atoms with Crippen molar-refractivity contribution >= 4 is 54.8 Å². The summed E-state index contributed by atoms with van der Waals surface area (Å²) in [6.07, 6.45) is 0. The molecule has 3 aromatic rings. The number of amides is 1. The molecule has 0 bridgehead atoms. The Labute approximate surface area is 183 Å². The Morgan fingerprint density at radius 3 is 2.28 bits per heavy atom. The molecule has 0 fully saturated rings. The van der Waals surface area contributed by atoms with E-state index < -0.39 is 10.0 Å². The molecule has 8 heteroatoms. The maximum Gasteiger partial charge on any atom is 0.261 e. The number of carbonyl (C=O) groups is 1. The molecular formula is C21H18BrClN2O3S. The maximum atomic E-state index is 12.6. The second-order valence-corrected chi connectivity index (χ2v) is 9.48. The average Bonchev–Trinajstić information content (AvgIpc) is 2.66. The summed E-state index contributed by atoms with van der Waals surface area (Å²) in [7, 11) is -3.71. The highest BCUT2D eigenvalue weighted by Crippen LogP contribution is 2.26. The van der Waals surface area contributed by atoms with E-state index in [4.69, 9.17) is 11.6 Å². The summed E-state index contributed by atoms with van der Waals surface area (Å²) < 4.78 is 28.5. The SMILES string of the molecule is Cc1ccc(S(=O)(=O)Nc2ccc(C(=O)Nc3ccc(Br)c(Cl)c3)cc2C)cc1. The monoisotopic (exact) mass is 492 g/mol. The Morgan fingerprint density at radius 1 is 0.966 bits per heavy atom. The fourth-order valence-corrected chi connectivity index (χ4v) is 4.18. The van der Waals surface area contributed by atoms with Crippen molar-refractivity contribution in [3.63, 3.8) is 0 Å². The smallest absolute Gasteiger partial charge is 0.261 e. The van der Waals surface area contributed by atoms with Crippen molar-refractivity contribution in [3.8, 4) is 0 Å². The van der Waals surface area contributed by atoms with Crippen LogP contribution in [0.3, 0.4) is 0 Å². The van der Waals surface area contributed by atoms with Crippen molar-refractivity contribution in [2.24, 2.45) is 0 Å². The molecule has 0 saturated heterocycles. The quantitative estimate of drug-likeness (QED) is 0.473. The highest BCUT2D eigenvalue weighted by molar-refractivity contribution is 9.10. The summed E-state index contributed by atoms with van der Waals surface area (Å²) in [6, 6.07) is 16.5. The van der Waals surface area contributed by atoms with Gasteiger partial charge in [0.2, 0.25) is 0 Å². The predicted molar refractivity (Wildman–Crippen MR) is 120 cm³/mol. The Kier molecular flexibility index (Phi) is 6.31. The molecule has 150 valence electrons. The van der Waals surface area contributed by atoms with Crippen molar-refractivity contribution in [1.29, 1.82) is 0 Å². The zero-order chi connectivity index (χ0) is 21.2. The number of hydrogen-bond donors (Lipinski definition) is 2. The molecule has 0 aliphatic carbocycles. The van der Waals surface area contributed by atoms with Gasteiger partial charge in [0.1, 0.15) is 0 Å². The standard InChI is InChI=1S/C21H18BrClN2O3S/c1-13-3-7-17(8-4-13)29(27,28)25-20-10-5-15(11-14(20)2)21(26)24-16-6-9-18(22)19(23)12-16/h3-12,25H,1-2H3,(H,24,26). The molecule has 0 saturated carbocycles. The normalized spacial score (nSPS) is 11.2. The lowest BCUT2D eigenvalue weighted by molar-refractivity contribution is 0.102. The minimum Gasteiger partial charge on any atom is -0.322 e. The first kappa shape index (κ1) is 21.4. The summed E-state index contributed by atoms with van der Waals surface area (Å²) >= 11 is 9.35. The van der Waals surface area contributed by atoms with Gasteiger partial charge in [0.25, 0.3) is 15.9 Å². The molecule has 1 amide bonds. The van der Waals surface area contributed by atoms with Gasteiger partial charge in [-0.25, -0.2) is 8.42 Å². The molecule has 0 spiro atoms. The van der Waals surface area contributed by atoms with Gasteiger partial charge in [-0.05, 0) is 83.9 Å². The molecule has 0 aliphatic rings. The van der Waals surface area contributed by atoms with Crippen LogP contribution in [0, 0.1) is 13.8 Å². The number of anilines is 2. The van der Waals surface area contributed by atoms with Crippen LogP contribution in [0.5, 0.6) is 0 Å². The fourth-order valence-electron chi connectivity index (χ4n) is 2.62. The summed E-state index contributed by atoms with van der Waals surface area (Å²) in [5.74, 6) is -0.320. The number of benzene rings is 3. The first-order chi connectivity index (χ1) is 13.7. The highest BCUT2D eigenvalue weighted by atomic mass is 79.9. The number of rotatable bonds is 5. The lowest BCUT2D eigenvalue weighted by atomic mass is 10.1. The van der Waals surface area contributed by atoms with Gasteiger partial charge in [0.15, 0.2) is 0 Å². The minimum absolute atomic E-state index is 0.177. The van der Waals surface area contributed by atoms with E-state index in [9.17, 15) is 13.2 Å². The molecule has 29 heavy (non-hydrogen) atoms. The number of aryl methyl sites for hydroxylation is 2. The molecule has 0 aliphatic heterocycles. The van der Waals surface area contributed by atoms with Crippen LogP contribution in [0.2, 0.25) is 5.02 Å². The van der Waals surface area contributed by atoms with E-state index in [1.807, 2.05) is 6.92 Å². The summed E-state index contributed by atoms with van der Waals surface area (Å²) in [5, 5.41) is 3.26. The Hall–Kier alpha value is -2.35. The first-order valence-corrected chi connectivity index (χ1v) is 11.3. The van der Waals surface area contributed by atoms with Crippen LogP contribution < -0.4 is 10.0 Å². The van der Waals surface area contributed by atoms with Crippen molar-refractivity contribution < 1.29 is 13.2 Å². The van der Waals surface area contributed by atoms with E-state index in [1.165, 1.54) is 0 Å². The van der Waals surface area contributed by atoms with E-state index in [2.05, 4.69) is 26.0 Å². The third kappa shape index (κ3) is 5.18. The molecule has 2 N–H and O–H groups in total. The summed E-state index contributed by atoms with van der Waals surface area (Å²) in [6.45, 7) is 3.63. The number of hydrogen-bond acceptors (Lipinski definition) is 3. The van der Waals surface area contributed by atoms with Gasteiger partial charge in [-0.15, -0.1) is 0 Å². The minimum atomic E-state index is -3.71. The van der Waals surface area contributed by atoms with Crippen molar-refractivity contribution in [3.05, 3.63) is 86.8 Å². The third-order valence-electron chi connectivity index (χ3n) is 4.24. The van der Waals surface area contributed by atoms with E-state index in [0.717, 1.165) is 10.0 Å². The Bertz CT molecular complexity index is 1180. The topological polar surface area (TPSA) is 75.3 Å². The second kappa shape index (κ2) is 8.57. The van der Waals surface area contributed by atoms with Gasteiger partial charge in [-0.3, -0.25) is 9.52 Å². The zero-order valence-corrected chi connectivity index (χ0v) is 18.8. The second-order valence-electron chi connectivity index (χ2n) is 6.53. The Balaban J connectivity index is 1.78. The van der Waals surface area contributed by atoms with Crippen molar-refractivity contribution in [2.45, 2.75) is 18.7 Å². The average molecular weight is 494 g/mol. The van der Waals surface area contributed by atoms with Gasteiger partial charge in [0.05, 0.1) is 15.6 Å². The van der Waals surface area contributed by atoms with Gasteiger partial charge < -0.3 is 5.32 Å². The van der Waals surface area contributed by atoms with Gasteiger partial charge in [-0.2, -0.15) is 0 Å². The van der Waals surface area contributed by atoms with Crippen LogP contribution in [-0.4, -0.2) is 14.3 Å². The van der Waals surface area contributed by atoms with Crippen LogP contribution in [-0.2, 0) is 10.0 Å². The molecule has 0 heterocycles. The largest absolute Gasteiger partial charge is 0.322 e. The Morgan fingerprint density at radius 2 is 1.66 bits per heavy atom. The van der Waals surface area contributed by atoms with Crippen molar-refractivity contribution in [1.82, 2.24) is 0 Å². The number of nitrogens with one attached hydrogen (secondary N) is 2. The molecule has 0 unspecified atom stereocenters. The molecule has 5 nitrogen and oxygen atoms in total. The molecule has 0 radical (unpaired) electrons. The fraction of sp³-hybridized carbons (Fsp3) is 0.0952. The van der Waals surface area contributed by atoms with Gasteiger partial charge in [0, 0.05) is 15.7 Å². The molecule has 3 aromatic carbocycles. The zero-order valence-electron chi connectivity index (χ0n) is 15.7. The molecular weight excluding hydrogens is 476 g/mol. The van der Waals surface area contributed by atoms with E-state index in [1.54, 1.807) is 67.6 Å². The van der Waals surface area contributed by atoms with Crippen LogP contribution in [0.15, 0.2) is 70.0 Å². The van der Waals surface area contributed by atoms with Crippen molar-refractivity contribution in [2.75, 3.05) is 10.0 Å². The van der Waals surface area contributed by atoms with Crippen LogP contribution >= 0.6 is 27.5 Å². The number of halogens is 2. The highest BCUT2D eigenvalue weighted by Gasteiger charge is 2.16. The lowest BCUT2D eigenvalue weighted by Gasteiger charge is -2.12. The summed E-state index contributed by atoms with van der Waals surface area (Å²) in [5.41, 5.74) is 2.98. The van der Waals surface area contributed by atoms with Gasteiger partial charge in [-0.1, -0.05) is 29.3 Å². The molecule has 0 atom stereocenters. The lowest BCUT2D eigenvalue weighted by Crippen LogP contribution is -2.15. The third-order valence-corrected chi connectivity index (χ3v) is 6.86. The van der Waals surface area contributed by atoms with Crippen LogP contribution in [0.4, 0.5) is 11.4 Å². The van der Waals surface area contributed by atoms with E-state index in [0.29, 0.717) is 27.5 Å². The van der Waals surface area contributed by atoms with E-state index in [-0.39, 0.29) is 10.8 Å². The maximum absolute atomic E-state index is 12.6.